The first-order valence-corrected chi connectivity index (χ1v) is 6.71. The number of aromatic nitrogens is 2. The highest BCUT2D eigenvalue weighted by atomic mass is 19.1. The predicted molar refractivity (Wildman–Crippen MR) is 82.4 cm³/mol. The number of benzene rings is 2. The van der Waals surface area contributed by atoms with Gasteiger partial charge in [0.05, 0.1) is 18.1 Å². The lowest BCUT2D eigenvalue weighted by Crippen LogP contribution is -1.85. The van der Waals surface area contributed by atoms with Crippen molar-refractivity contribution in [1.82, 2.24) is 9.97 Å². The summed E-state index contributed by atoms with van der Waals surface area (Å²) in [4.78, 5) is 7.37. The van der Waals surface area contributed by atoms with Gasteiger partial charge in [0, 0.05) is 34.6 Å². The summed E-state index contributed by atoms with van der Waals surface area (Å²) < 4.78 is 19.4. The Morgan fingerprint density at radius 3 is 2.71 bits per heavy atom. The molecule has 1 N–H and O–H groups in total. The Hall–Kier alpha value is -2.62. The molecule has 3 nitrogen and oxygen atoms in total. The Bertz CT molecular complexity index is 1000. The van der Waals surface area contributed by atoms with Gasteiger partial charge in [-0.25, -0.2) is 4.39 Å². The lowest BCUT2D eigenvalue weighted by molar-refractivity contribution is 0.412. The fourth-order valence-electron chi connectivity index (χ4n) is 2.97. The minimum atomic E-state index is -0.304. The lowest BCUT2D eigenvalue weighted by atomic mass is 10.0. The molecule has 4 heteroatoms. The zero-order chi connectivity index (χ0) is 14.6. The normalized spacial score (nSPS) is 11.6. The van der Waals surface area contributed by atoms with Crippen molar-refractivity contribution in [2.45, 2.75) is 6.92 Å². The van der Waals surface area contributed by atoms with Gasteiger partial charge in [-0.2, -0.15) is 0 Å². The summed E-state index contributed by atoms with van der Waals surface area (Å²) in [5, 5.41) is 3.99. The number of nitrogens with zero attached hydrogens (tertiary/aromatic N) is 1. The van der Waals surface area contributed by atoms with Gasteiger partial charge in [0.2, 0.25) is 0 Å². The van der Waals surface area contributed by atoms with Crippen LogP contribution in [0.5, 0.6) is 5.75 Å². The van der Waals surface area contributed by atoms with Crippen molar-refractivity contribution in [2.24, 2.45) is 0 Å². The van der Waals surface area contributed by atoms with E-state index in [2.05, 4.69) is 9.97 Å². The van der Waals surface area contributed by atoms with Gasteiger partial charge < -0.3 is 9.72 Å². The topological polar surface area (TPSA) is 37.9 Å². The number of H-pyrrole nitrogens is 1. The first-order valence-electron chi connectivity index (χ1n) is 6.71. The summed E-state index contributed by atoms with van der Waals surface area (Å²) in [6, 6.07) is 7.28. The van der Waals surface area contributed by atoms with E-state index in [1.54, 1.807) is 13.3 Å². The van der Waals surface area contributed by atoms with Crippen LogP contribution in [0.1, 0.15) is 5.56 Å². The van der Waals surface area contributed by atoms with E-state index in [1.165, 1.54) is 6.07 Å². The molecule has 0 saturated heterocycles. The van der Waals surface area contributed by atoms with Gasteiger partial charge in [-0.15, -0.1) is 0 Å². The van der Waals surface area contributed by atoms with Crippen LogP contribution in [0, 0.1) is 12.7 Å². The Kier molecular flexibility index (Phi) is 2.42. The molecule has 104 valence electrons. The van der Waals surface area contributed by atoms with Gasteiger partial charge in [0.25, 0.3) is 0 Å². The molecule has 4 rings (SSSR count). The third-order valence-corrected chi connectivity index (χ3v) is 4.04. The van der Waals surface area contributed by atoms with Crippen molar-refractivity contribution in [1.29, 1.82) is 0 Å². The summed E-state index contributed by atoms with van der Waals surface area (Å²) in [6.07, 6.45) is 3.60. The highest BCUT2D eigenvalue weighted by molar-refractivity contribution is 6.14. The van der Waals surface area contributed by atoms with Crippen molar-refractivity contribution >= 4 is 32.6 Å². The molecule has 0 aliphatic rings. The number of nitrogens with one attached hydrogen (secondary N) is 1. The van der Waals surface area contributed by atoms with Crippen molar-refractivity contribution in [3.63, 3.8) is 0 Å². The molecule has 0 aliphatic heterocycles. The summed E-state index contributed by atoms with van der Waals surface area (Å²) in [6.45, 7) is 2.04. The first-order chi connectivity index (χ1) is 10.2. The van der Waals surface area contributed by atoms with Crippen LogP contribution in [0.25, 0.3) is 32.6 Å². The Morgan fingerprint density at radius 1 is 1.10 bits per heavy atom. The van der Waals surface area contributed by atoms with Gasteiger partial charge in [-0.05, 0) is 36.1 Å². The molecule has 0 atom stereocenters. The second-order valence-electron chi connectivity index (χ2n) is 5.18. The maximum absolute atomic E-state index is 14.2. The monoisotopic (exact) mass is 280 g/mol. The predicted octanol–water partition coefficient (Wildman–Crippen LogP) is 4.33. The molecule has 4 aromatic rings. The zero-order valence-corrected chi connectivity index (χ0v) is 11.7. The molecule has 2 heterocycles. The van der Waals surface area contributed by atoms with E-state index in [9.17, 15) is 4.39 Å². The molecule has 0 unspecified atom stereocenters. The average Bonchev–Trinajstić information content (AvgIpc) is 2.87. The molecule has 0 spiro atoms. The number of ether oxygens (including phenoxy) is 1. The molecular weight excluding hydrogens is 267 g/mol. The van der Waals surface area contributed by atoms with E-state index >= 15 is 0 Å². The van der Waals surface area contributed by atoms with E-state index in [0.29, 0.717) is 11.3 Å². The largest absolute Gasteiger partial charge is 0.497 e. The van der Waals surface area contributed by atoms with E-state index in [0.717, 1.165) is 32.6 Å². The number of hydrogen-bond acceptors (Lipinski definition) is 2. The fourth-order valence-corrected chi connectivity index (χ4v) is 2.97. The van der Waals surface area contributed by atoms with Gasteiger partial charge in [-0.3, -0.25) is 4.98 Å². The third kappa shape index (κ3) is 1.62. The van der Waals surface area contributed by atoms with Gasteiger partial charge in [0.1, 0.15) is 5.75 Å². The number of hydrogen-bond donors (Lipinski definition) is 1. The van der Waals surface area contributed by atoms with Crippen LogP contribution in [-0.4, -0.2) is 17.1 Å². The zero-order valence-electron chi connectivity index (χ0n) is 11.7. The second-order valence-corrected chi connectivity index (χ2v) is 5.18. The molecule has 0 saturated carbocycles. The lowest BCUT2D eigenvalue weighted by Gasteiger charge is -2.03. The van der Waals surface area contributed by atoms with Crippen molar-refractivity contribution in [3.8, 4) is 5.75 Å². The molecule has 2 aromatic carbocycles. The van der Waals surface area contributed by atoms with Crippen LogP contribution in [-0.2, 0) is 0 Å². The van der Waals surface area contributed by atoms with Crippen molar-refractivity contribution in [2.75, 3.05) is 7.11 Å². The van der Waals surface area contributed by atoms with Gasteiger partial charge in [-0.1, -0.05) is 0 Å². The molecule has 21 heavy (non-hydrogen) atoms. The van der Waals surface area contributed by atoms with Crippen molar-refractivity contribution < 1.29 is 9.13 Å². The third-order valence-electron chi connectivity index (χ3n) is 4.04. The molecule has 0 amide bonds. The second kappa shape index (κ2) is 4.19. The average molecular weight is 280 g/mol. The molecule has 0 aliphatic carbocycles. The fraction of sp³-hybridized carbons (Fsp3) is 0.118. The van der Waals surface area contributed by atoms with Crippen LogP contribution < -0.4 is 4.74 Å². The molecule has 2 aromatic heterocycles. The molecule has 0 fully saturated rings. The standard InChI is InChI=1S/C17H13FN2O/c1-9-12-3-4-19-8-10(12)5-13-14-6-11(21-2)7-15(18)17(14)20-16(9)13/h3-8,20H,1-2H3. The van der Waals surface area contributed by atoms with Gasteiger partial charge in [0.15, 0.2) is 5.82 Å². The maximum atomic E-state index is 14.2. The Labute approximate surface area is 120 Å². The number of methoxy groups -OCH3 is 1. The number of pyridine rings is 1. The van der Waals surface area contributed by atoms with E-state index in [4.69, 9.17) is 4.74 Å². The van der Waals surface area contributed by atoms with Crippen LogP contribution in [0.15, 0.2) is 36.7 Å². The first kappa shape index (κ1) is 12.1. The highest BCUT2D eigenvalue weighted by Gasteiger charge is 2.14. The molecule has 0 bridgehead atoms. The van der Waals surface area contributed by atoms with E-state index < -0.39 is 0 Å². The van der Waals surface area contributed by atoms with Crippen molar-refractivity contribution in [3.05, 3.63) is 48.0 Å². The number of aryl methyl sites for hydroxylation is 1. The summed E-state index contributed by atoms with van der Waals surface area (Å²) >= 11 is 0. The van der Waals surface area contributed by atoms with Gasteiger partial charge >= 0.3 is 0 Å². The SMILES string of the molecule is COc1cc(F)c2[nH]c3c(C)c4ccncc4cc3c2c1. The van der Waals surface area contributed by atoms with Crippen LogP contribution in [0.3, 0.4) is 0 Å². The maximum Gasteiger partial charge on any atom is 0.150 e. The van der Waals surface area contributed by atoms with E-state index in [-0.39, 0.29) is 5.82 Å². The Balaban J connectivity index is 2.25. The minimum absolute atomic E-state index is 0.304. The smallest absolute Gasteiger partial charge is 0.150 e. The van der Waals surface area contributed by atoms with Crippen LogP contribution in [0.4, 0.5) is 4.39 Å². The number of rotatable bonds is 1. The Morgan fingerprint density at radius 2 is 1.90 bits per heavy atom. The summed E-state index contributed by atoms with van der Waals surface area (Å²) in [5.74, 6) is 0.215. The minimum Gasteiger partial charge on any atom is -0.497 e. The molecular formula is C17H13FN2O. The van der Waals surface area contributed by atoms with E-state index in [1.807, 2.05) is 31.3 Å². The molecule has 0 radical (unpaired) electrons. The quantitative estimate of drug-likeness (QED) is 0.563. The highest BCUT2D eigenvalue weighted by Crippen LogP contribution is 2.35. The number of halogens is 1. The summed E-state index contributed by atoms with van der Waals surface area (Å²) in [5.41, 5.74) is 2.56. The van der Waals surface area contributed by atoms with Crippen LogP contribution in [0.2, 0.25) is 0 Å². The number of fused-ring (bicyclic) bond motifs is 4. The summed E-state index contributed by atoms with van der Waals surface area (Å²) in [7, 11) is 1.54. The number of aromatic amines is 1. The van der Waals surface area contributed by atoms with Crippen LogP contribution >= 0.6 is 0 Å².